The molecule has 2 bridgehead atoms. The van der Waals surface area contributed by atoms with Gasteiger partial charge < -0.3 is 25.5 Å². The molecule has 224 valence electrons. The van der Waals surface area contributed by atoms with Crippen molar-refractivity contribution in [2.24, 2.45) is 5.41 Å². The number of nitrogens with one attached hydrogen (secondary N) is 2. The number of urea groups is 1. The van der Waals surface area contributed by atoms with E-state index >= 15 is 0 Å². The van der Waals surface area contributed by atoms with Crippen LogP contribution in [0.2, 0.25) is 0 Å². The number of benzene rings is 1. The minimum atomic E-state index is -0.995. The Balaban J connectivity index is 0.990. The second kappa shape index (κ2) is 10.6. The Bertz CT molecular complexity index is 1360. The highest BCUT2D eigenvalue weighted by molar-refractivity contribution is 5.93. The zero-order valence-electron chi connectivity index (χ0n) is 24.4. The third-order valence-electron chi connectivity index (χ3n) is 10.1. The van der Waals surface area contributed by atoms with Gasteiger partial charge in [-0.25, -0.2) is 9.18 Å². The lowest BCUT2D eigenvalue weighted by Crippen LogP contribution is -2.61. The van der Waals surface area contributed by atoms with Crippen LogP contribution >= 0.6 is 0 Å². The number of hydrogen-bond acceptors (Lipinski definition) is 5. The molecule has 0 unspecified atom stereocenters. The average molecular weight is 578 g/mol. The molecular formula is C32H40FN5O4. The number of amides is 4. The van der Waals surface area contributed by atoms with Crippen LogP contribution in [0.3, 0.4) is 0 Å². The number of hydrogen-bond donors (Lipinski definition) is 3. The van der Waals surface area contributed by atoms with Crippen LogP contribution in [0.25, 0.3) is 0 Å². The van der Waals surface area contributed by atoms with Gasteiger partial charge in [-0.3, -0.25) is 14.6 Å². The summed E-state index contributed by atoms with van der Waals surface area (Å²) in [6.45, 7) is 5.49. The molecule has 1 aromatic carbocycles. The van der Waals surface area contributed by atoms with Crippen molar-refractivity contribution in [3.63, 3.8) is 0 Å². The Labute approximate surface area is 245 Å². The molecule has 4 fully saturated rings. The van der Waals surface area contributed by atoms with Crippen LogP contribution in [0.5, 0.6) is 0 Å². The molecule has 42 heavy (non-hydrogen) atoms. The number of aromatic nitrogens is 1. The van der Waals surface area contributed by atoms with E-state index in [1.165, 1.54) is 12.3 Å². The van der Waals surface area contributed by atoms with Crippen LogP contribution in [-0.4, -0.2) is 62.0 Å². The lowest BCUT2D eigenvalue weighted by Gasteiger charge is -2.50. The lowest BCUT2D eigenvalue weighted by molar-refractivity contribution is -0.153. The van der Waals surface area contributed by atoms with Crippen LogP contribution in [0.1, 0.15) is 88.0 Å². The second-order valence-electron chi connectivity index (χ2n) is 13.3. The van der Waals surface area contributed by atoms with Crippen LogP contribution < -0.4 is 10.6 Å². The maximum atomic E-state index is 13.5. The van der Waals surface area contributed by atoms with E-state index in [0.717, 1.165) is 24.0 Å². The normalized spacial score (nSPS) is 25.7. The Morgan fingerprint density at radius 2 is 1.62 bits per heavy atom. The van der Waals surface area contributed by atoms with E-state index in [1.54, 1.807) is 18.7 Å². The molecule has 5 aliphatic rings. The molecular weight excluding hydrogens is 537 g/mol. The van der Waals surface area contributed by atoms with Gasteiger partial charge in [-0.2, -0.15) is 0 Å². The fourth-order valence-electron chi connectivity index (χ4n) is 7.20. The predicted molar refractivity (Wildman–Crippen MR) is 155 cm³/mol. The van der Waals surface area contributed by atoms with E-state index < -0.39 is 22.4 Å². The van der Waals surface area contributed by atoms with Crippen LogP contribution in [-0.2, 0) is 22.7 Å². The Hall–Kier alpha value is -3.53. The Morgan fingerprint density at radius 1 is 0.976 bits per heavy atom. The fourth-order valence-corrected chi connectivity index (χ4v) is 7.20. The summed E-state index contributed by atoms with van der Waals surface area (Å²) in [6.07, 6.45) is 6.82. The molecule has 9 nitrogen and oxygen atoms in total. The molecule has 0 radical (unpaired) electrons. The van der Waals surface area contributed by atoms with Gasteiger partial charge in [0.2, 0.25) is 11.8 Å². The van der Waals surface area contributed by atoms with Crippen LogP contribution in [0.15, 0.2) is 36.5 Å². The van der Waals surface area contributed by atoms with E-state index in [-0.39, 0.29) is 17.8 Å². The molecule has 3 saturated carbocycles. The molecule has 10 heteroatoms. The van der Waals surface area contributed by atoms with Gasteiger partial charge in [0.15, 0.2) is 0 Å². The van der Waals surface area contributed by atoms with Gasteiger partial charge in [-0.05, 0) is 100 Å². The Morgan fingerprint density at radius 3 is 2.26 bits per heavy atom. The summed E-state index contributed by atoms with van der Waals surface area (Å²) in [5, 5.41) is 16.5. The van der Waals surface area contributed by atoms with Crippen molar-refractivity contribution in [2.45, 2.75) is 95.4 Å². The van der Waals surface area contributed by atoms with E-state index in [0.29, 0.717) is 82.0 Å². The number of fused-ring (bicyclic) bond motifs is 4. The molecule has 7 rings (SSSR count). The number of anilines is 1. The number of pyridine rings is 1. The van der Waals surface area contributed by atoms with Crippen molar-refractivity contribution >= 4 is 23.5 Å². The maximum absolute atomic E-state index is 13.5. The van der Waals surface area contributed by atoms with Crippen LogP contribution in [0.4, 0.5) is 14.9 Å². The smallest absolute Gasteiger partial charge is 0.322 e. The molecule has 1 saturated heterocycles. The van der Waals surface area contributed by atoms with Gasteiger partial charge in [-0.1, -0.05) is 12.1 Å². The van der Waals surface area contributed by atoms with Gasteiger partial charge >= 0.3 is 6.03 Å². The quantitative estimate of drug-likeness (QED) is 0.486. The first-order chi connectivity index (χ1) is 20.0. The standard InChI is InChI=1S/C32H40FN5O4/c1-30(2,36-27(39)31-9-12-32(42,13-10-31)14-11-31)28(40)37-15-7-22(8-16-37)21-3-5-25(6-4-21)35-29(41)38-19-23-17-24(33)18-34-26(23)20-38/h3-6,17-18,22,42H,7-16,19-20H2,1-2H3,(H,35,41)(H,36,39). The van der Waals surface area contributed by atoms with Crippen molar-refractivity contribution in [3.8, 4) is 0 Å². The van der Waals surface area contributed by atoms with Gasteiger partial charge in [0.05, 0.1) is 24.0 Å². The first kappa shape index (κ1) is 28.6. The highest BCUT2D eigenvalue weighted by Crippen LogP contribution is 2.52. The zero-order chi connectivity index (χ0) is 29.7. The summed E-state index contributed by atoms with van der Waals surface area (Å²) in [4.78, 5) is 47.1. The summed E-state index contributed by atoms with van der Waals surface area (Å²) >= 11 is 0. The van der Waals surface area contributed by atoms with E-state index in [2.05, 4.69) is 15.6 Å². The first-order valence-corrected chi connectivity index (χ1v) is 15.1. The highest BCUT2D eigenvalue weighted by atomic mass is 19.1. The average Bonchev–Trinajstić information content (AvgIpc) is 3.41. The SMILES string of the molecule is CC(C)(NC(=O)C12CCC(O)(CC1)CC2)C(=O)N1CCC(c2ccc(NC(=O)N3Cc4cc(F)cnc4C3)cc2)CC1. The molecule has 4 amide bonds. The number of aliphatic hydroxyl groups is 1. The number of halogens is 1. The van der Waals surface area contributed by atoms with Crippen molar-refractivity contribution in [1.29, 1.82) is 0 Å². The number of rotatable bonds is 5. The van der Waals surface area contributed by atoms with E-state index in [9.17, 15) is 23.9 Å². The fraction of sp³-hybridized carbons (Fsp3) is 0.562. The predicted octanol–water partition coefficient (Wildman–Crippen LogP) is 4.45. The lowest BCUT2D eigenvalue weighted by atomic mass is 9.58. The molecule has 3 heterocycles. The molecule has 0 spiro atoms. The number of likely N-dealkylation sites (tertiary alicyclic amines) is 1. The monoisotopic (exact) mass is 577 g/mol. The van der Waals surface area contributed by atoms with Gasteiger partial charge in [0.1, 0.15) is 11.4 Å². The zero-order valence-corrected chi connectivity index (χ0v) is 24.4. The third-order valence-corrected chi connectivity index (χ3v) is 10.1. The number of carbonyl (C=O) groups is 3. The van der Waals surface area contributed by atoms with Crippen molar-refractivity contribution in [1.82, 2.24) is 20.1 Å². The van der Waals surface area contributed by atoms with Gasteiger partial charge in [-0.15, -0.1) is 0 Å². The minimum absolute atomic E-state index is 0.0514. The highest BCUT2D eigenvalue weighted by Gasteiger charge is 2.53. The van der Waals surface area contributed by atoms with Crippen molar-refractivity contribution in [2.75, 3.05) is 18.4 Å². The summed E-state index contributed by atoms with van der Waals surface area (Å²) in [6, 6.07) is 8.99. The summed E-state index contributed by atoms with van der Waals surface area (Å²) in [5.74, 6) is -0.216. The molecule has 2 aliphatic heterocycles. The summed E-state index contributed by atoms with van der Waals surface area (Å²) in [7, 11) is 0. The van der Waals surface area contributed by atoms with Gasteiger partial charge in [0.25, 0.3) is 0 Å². The third kappa shape index (κ3) is 5.48. The second-order valence-corrected chi connectivity index (χ2v) is 13.3. The summed E-state index contributed by atoms with van der Waals surface area (Å²) < 4.78 is 13.5. The maximum Gasteiger partial charge on any atom is 0.322 e. The number of carbonyl (C=O) groups excluding carboxylic acids is 3. The van der Waals surface area contributed by atoms with E-state index in [1.807, 2.05) is 29.2 Å². The number of piperidine rings is 1. The minimum Gasteiger partial charge on any atom is -0.390 e. The van der Waals surface area contributed by atoms with Crippen molar-refractivity contribution < 1.29 is 23.9 Å². The topological polar surface area (TPSA) is 115 Å². The van der Waals surface area contributed by atoms with Gasteiger partial charge in [0, 0.05) is 30.7 Å². The van der Waals surface area contributed by atoms with Crippen LogP contribution in [0, 0.1) is 11.2 Å². The molecule has 0 atom stereocenters. The summed E-state index contributed by atoms with van der Waals surface area (Å²) in [5.41, 5.74) is 1.23. The molecule has 3 N–H and O–H groups in total. The van der Waals surface area contributed by atoms with E-state index in [4.69, 9.17) is 0 Å². The Kier molecular flexibility index (Phi) is 7.23. The molecule has 2 aromatic rings. The molecule has 1 aromatic heterocycles. The molecule has 3 aliphatic carbocycles. The largest absolute Gasteiger partial charge is 0.390 e. The first-order valence-electron chi connectivity index (χ1n) is 15.1. The van der Waals surface area contributed by atoms with Crippen molar-refractivity contribution in [3.05, 3.63) is 59.2 Å². The number of nitrogens with zero attached hydrogens (tertiary/aromatic N) is 3.